The van der Waals surface area contributed by atoms with Crippen LogP contribution in [0.5, 0.6) is 0 Å². The van der Waals surface area contributed by atoms with Gasteiger partial charge in [0.25, 0.3) is 0 Å². The van der Waals surface area contributed by atoms with Crippen LogP contribution in [0.4, 0.5) is 11.5 Å². The summed E-state index contributed by atoms with van der Waals surface area (Å²) in [6.45, 7) is 0. The average molecular weight is 438 g/mol. The van der Waals surface area contributed by atoms with E-state index in [0.29, 0.717) is 34.3 Å². The summed E-state index contributed by atoms with van der Waals surface area (Å²) in [5, 5.41) is 9.27. The van der Waals surface area contributed by atoms with Gasteiger partial charge in [0.15, 0.2) is 11.6 Å². The van der Waals surface area contributed by atoms with Gasteiger partial charge in [0.05, 0.1) is 23.2 Å². The maximum atomic E-state index is 13.2. The van der Waals surface area contributed by atoms with Gasteiger partial charge >= 0.3 is 0 Å². The average Bonchev–Trinajstić information content (AvgIpc) is 3.38. The van der Waals surface area contributed by atoms with Crippen molar-refractivity contribution in [2.24, 2.45) is 0 Å². The first-order valence-corrected chi connectivity index (χ1v) is 10.3. The number of aromatic nitrogens is 2. The number of carbonyl (C=O) groups is 1. The minimum Gasteiger partial charge on any atom is -0.469 e. The largest absolute Gasteiger partial charge is 0.469 e. The standard InChI is InChI=1S/C23H17Cl2N3O2/c24-15-6-8-18(9-7-15)28-19-11-14(21-5-2-10-30-21)12-20(29)22(19)23(27-28)26-17-4-1-3-16(25)13-17/h1-10,13-14H,11-12H2,(H,26,27). The van der Waals surface area contributed by atoms with E-state index in [2.05, 4.69) is 5.32 Å². The molecule has 0 amide bonds. The quantitative estimate of drug-likeness (QED) is 0.399. The number of anilines is 2. The maximum absolute atomic E-state index is 13.2. The van der Waals surface area contributed by atoms with E-state index in [0.717, 1.165) is 22.8 Å². The van der Waals surface area contributed by atoms with Crippen molar-refractivity contribution in [3.05, 3.63) is 94.0 Å². The summed E-state index contributed by atoms with van der Waals surface area (Å²) < 4.78 is 7.39. The maximum Gasteiger partial charge on any atom is 0.169 e. The number of ketones is 1. The fourth-order valence-electron chi connectivity index (χ4n) is 3.88. The first-order valence-electron chi connectivity index (χ1n) is 9.55. The normalized spacial score (nSPS) is 15.8. The fraction of sp³-hybridized carbons (Fsp3) is 0.130. The van der Waals surface area contributed by atoms with Gasteiger partial charge in [-0.25, -0.2) is 4.68 Å². The summed E-state index contributed by atoms with van der Waals surface area (Å²) >= 11 is 12.2. The lowest BCUT2D eigenvalue weighted by Gasteiger charge is -2.21. The number of fused-ring (bicyclic) bond motifs is 1. The molecule has 1 N–H and O–H groups in total. The summed E-state index contributed by atoms with van der Waals surface area (Å²) in [5.41, 5.74) is 3.06. The molecular weight excluding hydrogens is 421 g/mol. The lowest BCUT2D eigenvalue weighted by Crippen LogP contribution is -2.20. The van der Waals surface area contributed by atoms with Gasteiger partial charge in [-0.3, -0.25) is 4.79 Å². The minimum atomic E-state index is -0.0261. The Hall–Kier alpha value is -3.02. The molecule has 5 rings (SSSR count). The van der Waals surface area contributed by atoms with Gasteiger partial charge in [-0.15, -0.1) is 5.10 Å². The van der Waals surface area contributed by atoms with Gasteiger partial charge in [0, 0.05) is 34.5 Å². The number of benzene rings is 2. The molecule has 1 aliphatic carbocycles. The lowest BCUT2D eigenvalue weighted by atomic mass is 9.85. The lowest BCUT2D eigenvalue weighted by molar-refractivity contribution is 0.0960. The zero-order valence-corrected chi connectivity index (χ0v) is 17.3. The number of hydrogen-bond donors (Lipinski definition) is 1. The Morgan fingerprint density at radius 3 is 2.57 bits per heavy atom. The molecule has 2 heterocycles. The monoisotopic (exact) mass is 437 g/mol. The Kier molecular flexibility index (Phi) is 4.85. The Morgan fingerprint density at radius 1 is 1.00 bits per heavy atom. The summed E-state index contributed by atoms with van der Waals surface area (Å²) in [6, 6.07) is 18.5. The molecular formula is C23H17Cl2N3O2. The first kappa shape index (κ1) is 19.0. The molecule has 30 heavy (non-hydrogen) atoms. The molecule has 4 aromatic rings. The third kappa shape index (κ3) is 3.51. The van der Waals surface area contributed by atoms with E-state index in [9.17, 15) is 4.79 Å². The summed E-state index contributed by atoms with van der Waals surface area (Å²) in [7, 11) is 0. The van der Waals surface area contributed by atoms with Crippen molar-refractivity contribution in [1.82, 2.24) is 9.78 Å². The van der Waals surface area contributed by atoms with E-state index in [-0.39, 0.29) is 11.7 Å². The summed E-state index contributed by atoms with van der Waals surface area (Å²) in [4.78, 5) is 13.2. The number of hydrogen-bond acceptors (Lipinski definition) is 4. The molecule has 0 saturated heterocycles. The fourth-order valence-corrected chi connectivity index (χ4v) is 4.19. The molecule has 0 aliphatic heterocycles. The van der Waals surface area contributed by atoms with E-state index < -0.39 is 0 Å². The zero-order valence-electron chi connectivity index (χ0n) is 15.8. The van der Waals surface area contributed by atoms with Crippen molar-refractivity contribution in [1.29, 1.82) is 0 Å². The molecule has 0 spiro atoms. The van der Waals surface area contributed by atoms with Crippen LogP contribution >= 0.6 is 23.2 Å². The van der Waals surface area contributed by atoms with Crippen molar-refractivity contribution in [2.45, 2.75) is 18.8 Å². The van der Waals surface area contributed by atoms with Crippen molar-refractivity contribution >= 4 is 40.5 Å². The van der Waals surface area contributed by atoms with Gasteiger partial charge < -0.3 is 9.73 Å². The molecule has 150 valence electrons. The van der Waals surface area contributed by atoms with Gasteiger partial charge in [-0.1, -0.05) is 29.3 Å². The molecule has 1 aliphatic rings. The van der Waals surface area contributed by atoms with Gasteiger partial charge in [-0.05, 0) is 54.6 Å². The molecule has 0 bridgehead atoms. The zero-order chi connectivity index (χ0) is 20.7. The molecule has 1 atom stereocenters. The highest BCUT2D eigenvalue weighted by Gasteiger charge is 2.34. The molecule has 2 aromatic heterocycles. The third-order valence-corrected chi connectivity index (χ3v) is 5.72. The molecule has 2 aromatic carbocycles. The highest BCUT2D eigenvalue weighted by atomic mass is 35.5. The first-order chi connectivity index (χ1) is 14.6. The van der Waals surface area contributed by atoms with Crippen molar-refractivity contribution in [2.75, 3.05) is 5.32 Å². The van der Waals surface area contributed by atoms with Crippen LogP contribution < -0.4 is 5.32 Å². The van der Waals surface area contributed by atoms with Gasteiger partial charge in [0.1, 0.15) is 5.76 Å². The van der Waals surface area contributed by atoms with Gasteiger partial charge in [-0.2, -0.15) is 0 Å². The number of nitrogens with one attached hydrogen (secondary N) is 1. The predicted molar refractivity (Wildman–Crippen MR) is 117 cm³/mol. The van der Waals surface area contributed by atoms with Crippen LogP contribution in [0.2, 0.25) is 10.0 Å². The second-order valence-electron chi connectivity index (χ2n) is 7.24. The van der Waals surface area contributed by atoms with E-state index in [1.807, 2.05) is 53.2 Å². The second kappa shape index (κ2) is 7.67. The van der Waals surface area contributed by atoms with E-state index >= 15 is 0 Å². The van der Waals surface area contributed by atoms with Crippen LogP contribution in [0, 0.1) is 0 Å². The number of halogens is 2. The number of Topliss-reactive ketones (excluding diaryl/α,β-unsaturated/α-hetero) is 1. The van der Waals surface area contributed by atoms with Crippen LogP contribution in [0.15, 0.2) is 71.3 Å². The Balaban J connectivity index is 1.62. The van der Waals surface area contributed by atoms with E-state index in [1.165, 1.54) is 0 Å². The number of nitrogens with zero attached hydrogens (tertiary/aromatic N) is 2. The summed E-state index contributed by atoms with van der Waals surface area (Å²) in [5.74, 6) is 1.33. The summed E-state index contributed by atoms with van der Waals surface area (Å²) in [6.07, 6.45) is 2.65. The molecule has 0 radical (unpaired) electrons. The number of rotatable bonds is 4. The van der Waals surface area contributed by atoms with Crippen LogP contribution in [0.1, 0.15) is 34.2 Å². The number of carbonyl (C=O) groups excluding carboxylic acids is 1. The Morgan fingerprint density at radius 2 is 1.83 bits per heavy atom. The molecule has 0 saturated carbocycles. The van der Waals surface area contributed by atoms with Gasteiger partial charge in [0.2, 0.25) is 0 Å². The van der Waals surface area contributed by atoms with Crippen LogP contribution in [-0.2, 0) is 6.42 Å². The SMILES string of the molecule is O=C1CC(c2ccco2)Cc2c1c(Nc1cccc(Cl)c1)nn2-c1ccc(Cl)cc1. The smallest absolute Gasteiger partial charge is 0.169 e. The van der Waals surface area contributed by atoms with Crippen LogP contribution in [0.3, 0.4) is 0 Å². The van der Waals surface area contributed by atoms with E-state index in [4.69, 9.17) is 32.7 Å². The molecule has 7 heteroatoms. The van der Waals surface area contributed by atoms with Crippen molar-refractivity contribution < 1.29 is 9.21 Å². The molecule has 1 unspecified atom stereocenters. The van der Waals surface area contributed by atoms with E-state index in [1.54, 1.807) is 18.4 Å². The third-order valence-electron chi connectivity index (χ3n) is 5.24. The Bertz CT molecular complexity index is 1210. The minimum absolute atomic E-state index is 0.0261. The van der Waals surface area contributed by atoms with Crippen LogP contribution in [0.25, 0.3) is 5.69 Å². The predicted octanol–water partition coefficient (Wildman–Crippen LogP) is 6.43. The van der Waals surface area contributed by atoms with Crippen molar-refractivity contribution in [3.63, 3.8) is 0 Å². The van der Waals surface area contributed by atoms with Crippen LogP contribution in [-0.4, -0.2) is 15.6 Å². The molecule has 5 nitrogen and oxygen atoms in total. The molecule has 0 fully saturated rings. The number of furan rings is 1. The van der Waals surface area contributed by atoms with Crippen molar-refractivity contribution in [3.8, 4) is 5.69 Å². The topological polar surface area (TPSA) is 60.1 Å². The highest BCUT2D eigenvalue weighted by molar-refractivity contribution is 6.31. The second-order valence-corrected chi connectivity index (χ2v) is 8.11. The highest BCUT2D eigenvalue weighted by Crippen LogP contribution is 2.38. The Labute approximate surface area is 183 Å².